The van der Waals surface area contributed by atoms with E-state index in [2.05, 4.69) is 62.2 Å². The van der Waals surface area contributed by atoms with Gasteiger partial charge in [0.25, 0.3) is 0 Å². The zero-order valence-corrected chi connectivity index (χ0v) is 13.2. The molecule has 2 rings (SSSR count). The minimum atomic E-state index is 0.232. The van der Waals surface area contributed by atoms with Gasteiger partial charge < -0.3 is 10.1 Å². The molecule has 0 aliphatic carbocycles. The molecule has 0 radical (unpaired) electrons. The normalized spacial score (nSPS) is 17.3. The Morgan fingerprint density at radius 2 is 1.85 bits per heavy atom. The van der Waals surface area contributed by atoms with Crippen LogP contribution in [0.4, 0.5) is 0 Å². The largest absolute Gasteiger partial charge is 0.491 e. The summed E-state index contributed by atoms with van der Waals surface area (Å²) in [6.07, 6.45) is 1.44. The number of hydrogen-bond acceptors (Lipinski definition) is 3. The molecule has 0 spiro atoms. The molecule has 1 aliphatic heterocycles. The van der Waals surface area contributed by atoms with Crippen molar-refractivity contribution in [1.82, 2.24) is 10.2 Å². The van der Waals surface area contributed by atoms with Crippen molar-refractivity contribution in [3.05, 3.63) is 29.8 Å². The summed E-state index contributed by atoms with van der Waals surface area (Å²) >= 11 is 0. The monoisotopic (exact) mass is 276 g/mol. The molecule has 1 aromatic carbocycles. The highest BCUT2D eigenvalue weighted by molar-refractivity contribution is 5.29. The molecule has 1 aliphatic rings. The molecule has 1 aromatic rings. The summed E-state index contributed by atoms with van der Waals surface area (Å²) in [5.74, 6) is 0.961. The molecular weight excluding hydrogens is 248 g/mol. The van der Waals surface area contributed by atoms with Gasteiger partial charge in [-0.3, -0.25) is 4.90 Å². The zero-order valence-electron chi connectivity index (χ0n) is 13.2. The fourth-order valence-electron chi connectivity index (χ4n) is 2.75. The van der Waals surface area contributed by atoms with E-state index < -0.39 is 0 Å². The molecule has 1 fully saturated rings. The van der Waals surface area contributed by atoms with Gasteiger partial charge in [-0.15, -0.1) is 0 Å². The minimum Gasteiger partial charge on any atom is -0.491 e. The van der Waals surface area contributed by atoms with E-state index in [1.54, 1.807) is 0 Å². The van der Waals surface area contributed by atoms with E-state index in [0.29, 0.717) is 12.1 Å². The van der Waals surface area contributed by atoms with Crippen molar-refractivity contribution in [2.75, 3.05) is 19.6 Å². The second-order valence-electron chi connectivity index (χ2n) is 5.96. The molecule has 1 N–H and O–H groups in total. The number of nitrogens with one attached hydrogen (secondary N) is 1. The van der Waals surface area contributed by atoms with Crippen LogP contribution < -0.4 is 10.1 Å². The second kappa shape index (κ2) is 7.09. The van der Waals surface area contributed by atoms with Crippen LogP contribution in [0.25, 0.3) is 0 Å². The quantitative estimate of drug-likeness (QED) is 0.827. The minimum absolute atomic E-state index is 0.232. The molecule has 0 amide bonds. The highest BCUT2D eigenvalue weighted by atomic mass is 16.5. The smallest absolute Gasteiger partial charge is 0.119 e. The summed E-state index contributed by atoms with van der Waals surface area (Å²) in [5.41, 5.74) is 1.38. The van der Waals surface area contributed by atoms with Gasteiger partial charge in [0.15, 0.2) is 0 Å². The van der Waals surface area contributed by atoms with Gasteiger partial charge in [0.05, 0.1) is 6.10 Å². The average molecular weight is 276 g/mol. The summed E-state index contributed by atoms with van der Waals surface area (Å²) in [4.78, 5) is 2.62. The summed E-state index contributed by atoms with van der Waals surface area (Å²) in [7, 11) is 0. The highest BCUT2D eigenvalue weighted by Crippen LogP contribution is 2.26. The zero-order chi connectivity index (χ0) is 14.5. The molecule has 0 saturated carbocycles. The van der Waals surface area contributed by atoms with Crippen LogP contribution in [-0.4, -0.2) is 36.7 Å². The third-order valence-corrected chi connectivity index (χ3v) is 3.94. The van der Waals surface area contributed by atoms with Crippen molar-refractivity contribution < 1.29 is 4.74 Å². The first-order chi connectivity index (χ1) is 9.61. The van der Waals surface area contributed by atoms with Crippen molar-refractivity contribution in [2.24, 2.45) is 0 Å². The Balaban J connectivity index is 2.04. The predicted molar refractivity (Wildman–Crippen MR) is 84.3 cm³/mol. The molecule has 1 unspecified atom stereocenters. The van der Waals surface area contributed by atoms with E-state index in [4.69, 9.17) is 4.74 Å². The first-order valence-electron chi connectivity index (χ1n) is 7.85. The van der Waals surface area contributed by atoms with E-state index in [1.165, 1.54) is 12.0 Å². The van der Waals surface area contributed by atoms with E-state index >= 15 is 0 Å². The van der Waals surface area contributed by atoms with Crippen molar-refractivity contribution in [1.29, 1.82) is 0 Å². The number of ether oxygens (including phenoxy) is 1. The van der Waals surface area contributed by atoms with Gasteiger partial charge in [-0.1, -0.05) is 19.1 Å². The summed E-state index contributed by atoms with van der Waals surface area (Å²) in [5, 5.41) is 3.38. The Hall–Kier alpha value is -1.06. The van der Waals surface area contributed by atoms with Crippen molar-refractivity contribution >= 4 is 0 Å². The Labute approximate surface area is 123 Å². The van der Waals surface area contributed by atoms with Crippen LogP contribution in [0.1, 0.15) is 45.7 Å². The van der Waals surface area contributed by atoms with Crippen LogP contribution in [0.2, 0.25) is 0 Å². The van der Waals surface area contributed by atoms with Gasteiger partial charge in [-0.2, -0.15) is 0 Å². The molecule has 1 atom stereocenters. The lowest BCUT2D eigenvalue weighted by Gasteiger charge is -2.42. The fraction of sp³-hybridized carbons (Fsp3) is 0.647. The molecule has 0 bridgehead atoms. The Bertz CT molecular complexity index is 398. The lowest BCUT2D eigenvalue weighted by molar-refractivity contribution is 0.103. The van der Waals surface area contributed by atoms with Crippen molar-refractivity contribution in [3.8, 4) is 5.75 Å². The molecule has 3 nitrogen and oxygen atoms in total. The lowest BCUT2D eigenvalue weighted by atomic mass is 10.0. The van der Waals surface area contributed by atoms with Gasteiger partial charge in [0.1, 0.15) is 5.75 Å². The third-order valence-electron chi connectivity index (χ3n) is 3.94. The van der Waals surface area contributed by atoms with Crippen LogP contribution >= 0.6 is 0 Å². The Kier molecular flexibility index (Phi) is 5.44. The SMILES string of the molecule is CCCN(C1CNC1)C(C)c1ccc(OC(C)C)cc1. The van der Waals surface area contributed by atoms with Crippen molar-refractivity contribution in [2.45, 2.75) is 52.3 Å². The maximum absolute atomic E-state index is 5.71. The maximum atomic E-state index is 5.71. The number of hydrogen-bond donors (Lipinski definition) is 1. The van der Waals surface area contributed by atoms with Crippen LogP contribution in [0.15, 0.2) is 24.3 Å². The van der Waals surface area contributed by atoms with Gasteiger partial charge in [0.2, 0.25) is 0 Å². The topological polar surface area (TPSA) is 24.5 Å². The maximum Gasteiger partial charge on any atom is 0.119 e. The summed E-state index contributed by atoms with van der Waals surface area (Å²) in [6, 6.07) is 9.75. The van der Waals surface area contributed by atoms with Gasteiger partial charge >= 0.3 is 0 Å². The molecule has 112 valence electrons. The van der Waals surface area contributed by atoms with Gasteiger partial charge in [-0.25, -0.2) is 0 Å². The standard InChI is InChI=1S/C17H28N2O/c1-5-10-19(16-11-18-12-16)14(4)15-6-8-17(9-7-15)20-13(2)3/h6-9,13-14,16,18H,5,10-12H2,1-4H3. The molecule has 20 heavy (non-hydrogen) atoms. The molecular formula is C17H28N2O. The fourth-order valence-corrected chi connectivity index (χ4v) is 2.75. The number of benzene rings is 1. The van der Waals surface area contributed by atoms with Crippen LogP contribution in [-0.2, 0) is 0 Å². The first-order valence-corrected chi connectivity index (χ1v) is 7.85. The predicted octanol–water partition coefficient (Wildman–Crippen LogP) is 3.22. The third kappa shape index (κ3) is 3.74. The second-order valence-corrected chi connectivity index (χ2v) is 5.96. The summed E-state index contributed by atoms with van der Waals surface area (Å²) in [6.45, 7) is 12.1. The lowest BCUT2D eigenvalue weighted by Crippen LogP contribution is -2.57. The van der Waals surface area contributed by atoms with Crippen molar-refractivity contribution in [3.63, 3.8) is 0 Å². The first kappa shape index (κ1) is 15.3. The van der Waals surface area contributed by atoms with E-state index in [-0.39, 0.29) is 6.10 Å². The molecule has 0 aromatic heterocycles. The van der Waals surface area contributed by atoms with Crippen LogP contribution in [0.3, 0.4) is 0 Å². The average Bonchev–Trinajstić information content (AvgIpc) is 2.35. The molecule has 3 heteroatoms. The number of nitrogens with zero attached hydrogens (tertiary/aromatic N) is 1. The highest BCUT2D eigenvalue weighted by Gasteiger charge is 2.28. The number of rotatable bonds is 7. The summed E-state index contributed by atoms with van der Waals surface area (Å²) < 4.78 is 5.71. The van der Waals surface area contributed by atoms with E-state index in [1.807, 2.05) is 0 Å². The van der Waals surface area contributed by atoms with E-state index in [9.17, 15) is 0 Å². The van der Waals surface area contributed by atoms with E-state index in [0.717, 1.165) is 25.4 Å². The molecule has 1 saturated heterocycles. The Morgan fingerprint density at radius 3 is 2.30 bits per heavy atom. The van der Waals surface area contributed by atoms with Gasteiger partial charge in [-0.05, 0) is 51.4 Å². The molecule has 1 heterocycles. The van der Waals surface area contributed by atoms with Gasteiger partial charge in [0, 0.05) is 25.2 Å². The van der Waals surface area contributed by atoms with Crippen LogP contribution in [0.5, 0.6) is 5.75 Å². The Morgan fingerprint density at radius 1 is 1.20 bits per heavy atom. The van der Waals surface area contributed by atoms with Crippen LogP contribution in [0, 0.1) is 0 Å².